The maximum Gasteiger partial charge on any atom is 0.252 e. The summed E-state index contributed by atoms with van der Waals surface area (Å²) in [7, 11) is 0. The molecular formula is C13H16BrFN2O2. The smallest absolute Gasteiger partial charge is 0.252 e. The number of hydrogen-bond donors (Lipinski definition) is 2. The predicted molar refractivity (Wildman–Crippen MR) is 74.3 cm³/mol. The number of benzene rings is 1. The Balaban J connectivity index is 2.44. The molecule has 0 aliphatic carbocycles. The van der Waals surface area contributed by atoms with Crippen molar-refractivity contribution in [2.45, 2.75) is 13.8 Å². The van der Waals surface area contributed by atoms with Gasteiger partial charge in [0.1, 0.15) is 5.82 Å². The molecule has 104 valence electrons. The first-order valence-electron chi connectivity index (χ1n) is 5.92. The van der Waals surface area contributed by atoms with Crippen molar-refractivity contribution in [3.05, 3.63) is 34.1 Å². The molecule has 0 saturated heterocycles. The summed E-state index contributed by atoms with van der Waals surface area (Å²) in [5.74, 6) is -1.01. The Bertz CT molecular complexity index is 478. The van der Waals surface area contributed by atoms with Gasteiger partial charge in [-0.1, -0.05) is 13.8 Å². The largest absolute Gasteiger partial charge is 0.354 e. The number of hydrogen-bond acceptors (Lipinski definition) is 2. The molecule has 0 radical (unpaired) electrons. The lowest BCUT2D eigenvalue weighted by molar-refractivity contribution is -0.123. The molecule has 1 aromatic carbocycles. The maximum atomic E-state index is 13.0. The fourth-order valence-electron chi connectivity index (χ4n) is 1.33. The molecule has 0 fully saturated rings. The van der Waals surface area contributed by atoms with Gasteiger partial charge < -0.3 is 10.6 Å². The zero-order chi connectivity index (χ0) is 14.4. The maximum absolute atomic E-state index is 13.0. The van der Waals surface area contributed by atoms with Crippen molar-refractivity contribution in [1.29, 1.82) is 0 Å². The van der Waals surface area contributed by atoms with Gasteiger partial charge >= 0.3 is 0 Å². The van der Waals surface area contributed by atoms with Crippen molar-refractivity contribution in [2.24, 2.45) is 5.92 Å². The summed E-state index contributed by atoms with van der Waals surface area (Å²) >= 11 is 3.19. The predicted octanol–water partition coefficient (Wildman–Crippen LogP) is 2.09. The Morgan fingerprint density at radius 3 is 2.53 bits per heavy atom. The van der Waals surface area contributed by atoms with Crippen molar-refractivity contribution in [2.75, 3.05) is 13.1 Å². The number of rotatable bonds is 5. The third-order valence-electron chi connectivity index (χ3n) is 2.41. The van der Waals surface area contributed by atoms with Gasteiger partial charge in [0.15, 0.2) is 0 Å². The molecule has 6 heteroatoms. The Labute approximate surface area is 119 Å². The van der Waals surface area contributed by atoms with Gasteiger partial charge in [-0.25, -0.2) is 4.39 Å². The van der Waals surface area contributed by atoms with Crippen LogP contribution < -0.4 is 10.6 Å². The van der Waals surface area contributed by atoms with Gasteiger partial charge in [-0.05, 0) is 34.1 Å². The molecule has 19 heavy (non-hydrogen) atoms. The average molecular weight is 331 g/mol. The van der Waals surface area contributed by atoms with Gasteiger partial charge in [0.05, 0.1) is 5.56 Å². The fraction of sp³-hybridized carbons (Fsp3) is 0.385. The van der Waals surface area contributed by atoms with Crippen LogP contribution >= 0.6 is 15.9 Å². The van der Waals surface area contributed by atoms with Crippen LogP contribution in [0.4, 0.5) is 4.39 Å². The average Bonchev–Trinajstić information content (AvgIpc) is 2.36. The minimum Gasteiger partial charge on any atom is -0.354 e. The van der Waals surface area contributed by atoms with Gasteiger partial charge in [-0.2, -0.15) is 0 Å². The molecule has 1 rings (SSSR count). The number of carbonyl (C=O) groups is 2. The highest BCUT2D eigenvalue weighted by atomic mass is 79.9. The Morgan fingerprint density at radius 1 is 1.26 bits per heavy atom. The van der Waals surface area contributed by atoms with Crippen molar-refractivity contribution in [3.8, 4) is 0 Å². The van der Waals surface area contributed by atoms with Gasteiger partial charge in [-0.15, -0.1) is 0 Å². The van der Waals surface area contributed by atoms with E-state index in [4.69, 9.17) is 0 Å². The standard InChI is InChI=1S/C13H16BrFN2O2/c1-8(2)12(18)16-5-6-17-13(19)10-7-9(15)3-4-11(10)14/h3-4,7-8H,5-6H2,1-2H3,(H,16,18)(H,17,19). The highest BCUT2D eigenvalue weighted by molar-refractivity contribution is 9.10. The highest BCUT2D eigenvalue weighted by Gasteiger charge is 2.11. The van der Waals surface area contributed by atoms with E-state index in [2.05, 4.69) is 26.6 Å². The second kappa shape index (κ2) is 7.23. The summed E-state index contributed by atoms with van der Waals surface area (Å²) in [6.45, 7) is 4.21. The van der Waals surface area contributed by atoms with Crippen molar-refractivity contribution in [1.82, 2.24) is 10.6 Å². The lowest BCUT2D eigenvalue weighted by Crippen LogP contribution is -2.36. The van der Waals surface area contributed by atoms with E-state index in [9.17, 15) is 14.0 Å². The van der Waals surface area contributed by atoms with E-state index in [1.165, 1.54) is 12.1 Å². The van der Waals surface area contributed by atoms with Gasteiger partial charge in [0, 0.05) is 23.5 Å². The van der Waals surface area contributed by atoms with Crippen molar-refractivity contribution in [3.63, 3.8) is 0 Å². The molecule has 1 aromatic rings. The molecule has 0 aliphatic rings. The SMILES string of the molecule is CC(C)C(=O)NCCNC(=O)c1cc(F)ccc1Br. The van der Waals surface area contributed by atoms with Crippen molar-refractivity contribution < 1.29 is 14.0 Å². The number of amides is 2. The van der Waals surface area contributed by atoms with Crippen LogP contribution in [0.15, 0.2) is 22.7 Å². The van der Waals surface area contributed by atoms with Crippen LogP contribution in [0.3, 0.4) is 0 Å². The molecule has 0 bridgehead atoms. The molecule has 2 N–H and O–H groups in total. The molecule has 0 aliphatic heterocycles. The monoisotopic (exact) mass is 330 g/mol. The van der Waals surface area contributed by atoms with E-state index in [-0.39, 0.29) is 23.3 Å². The minimum absolute atomic E-state index is 0.0683. The second-order valence-electron chi connectivity index (χ2n) is 4.33. The third-order valence-corrected chi connectivity index (χ3v) is 3.10. The van der Waals surface area contributed by atoms with E-state index in [1.807, 2.05) is 0 Å². The zero-order valence-electron chi connectivity index (χ0n) is 10.8. The molecule has 0 spiro atoms. The second-order valence-corrected chi connectivity index (χ2v) is 5.18. The lowest BCUT2D eigenvalue weighted by atomic mass is 10.2. The summed E-state index contributed by atoms with van der Waals surface area (Å²) in [5, 5.41) is 5.29. The van der Waals surface area contributed by atoms with Gasteiger partial charge in [-0.3, -0.25) is 9.59 Å². The lowest BCUT2D eigenvalue weighted by Gasteiger charge is -2.09. The van der Waals surface area contributed by atoms with Crippen LogP contribution in [-0.2, 0) is 4.79 Å². The number of carbonyl (C=O) groups excluding carboxylic acids is 2. The molecule has 0 unspecified atom stereocenters. The van der Waals surface area contributed by atoms with Crippen molar-refractivity contribution >= 4 is 27.7 Å². The molecular weight excluding hydrogens is 315 g/mol. The molecule has 4 nitrogen and oxygen atoms in total. The fourth-order valence-corrected chi connectivity index (χ4v) is 1.76. The van der Waals surface area contributed by atoms with Gasteiger partial charge in [0.25, 0.3) is 5.91 Å². The summed E-state index contributed by atoms with van der Waals surface area (Å²) < 4.78 is 13.6. The van der Waals surface area contributed by atoms with Crippen LogP contribution in [0, 0.1) is 11.7 Å². The summed E-state index contributed by atoms with van der Waals surface area (Å²) in [6, 6.07) is 3.90. The van der Waals surface area contributed by atoms with Crippen LogP contribution in [0.25, 0.3) is 0 Å². The van der Waals surface area contributed by atoms with Crippen LogP contribution in [0.2, 0.25) is 0 Å². The quantitative estimate of drug-likeness (QED) is 0.812. The third kappa shape index (κ3) is 4.98. The molecule has 0 aromatic heterocycles. The Kier molecular flexibility index (Phi) is 5.95. The first kappa shape index (κ1) is 15.6. The Hall–Kier alpha value is -1.43. The highest BCUT2D eigenvalue weighted by Crippen LogP contribution is 2.17. The first-order chi connectivity index (χ1) is 8.91. The molecule has 0 heterocycles. The summed E-state index contributed by atoms with van der Waals surface area (Å²) in [4.78, 5) is 23.1. The Morgan fingerprint density at radius 2 is 1.89 bits per heavy atom. The van der Waals surface area contributed by atoms with Gasteiger partial charge in [0.2, 0.25) is 5.91 Å². The van der Waals surface area contributed by atoms with E-state index in [0.29, 0.717) is 17.6 Å². The number of nitrogens with one attached hydrogen (secondary N) is 2. The number of halogens is 2. The van der Waals surface area contributed by atoms with E-state index < -0.39 is 5.82 Å². The van der Waals surface area contributed by atoms with Crippen LogP contribution in [0.5, 0.6) is 0 Å². The molecule has 0 atom stereocenters. The minimum atomic E-state index is -0.471. The zero-order valence-corrected chi connectivity index (χ0v) is 12.4. The molecule has 2 amide bonds. The summed E-state index contributed by atoms with van der Waals surface area (Å²) in [6.07, 6.45) is 0. The summed E-state index contributed by atoms with van der Waals surface area (Å²) in [5.41, 5.74) is 0.232. The van der Waals surface area contributed by atoms with E-state index >= 15 is 0 Å². The normalized spacial score (nSPS) is 10.4. The van der Waals surface area contributed by atoms with E-state index in [0.717, 1.165) is 6.07 Å². The molecule has 0 saturated carbocycles. The van der Waals surface area contributed by atoms with Crippen LogP contribution in [0.1, 0.15) is 24.2 Å². The topological polar surface area (TPSA) is 58.2 Å². The van der Waals surface area contributed by atoms with Crippen LogP contribution in [-0.4, -0.2) is 24.9 Å². The van der Waals surface area contributed by atoms with E-state index in [1.54, 1.807) is 13.8 Å². The first-order valence-corrected chi connectivity index (χ1v) is 6.72.